The Morgan fingerprint density at radius 1 is 0.926 bits per heavy atom. The van der Waals surface area contributed by atoms with Gasteiger partial charge in [0.2, 0.25) is 5.91 Å². The van der Waals surface area contributed by atoms with Crippen molar-refractivity contribution in [2.45, 2.75) is 71.1 Å². The first-order valence-corrected chi connectivity index (χ1v) is 10.1. The molecule has 0 fully saturated rings. The van der Waals surface area contributed by atoms with Gasteiger partial charge in [0.25, 0.3) is 0 Å². The van der Waals surface area contributed by atoms with Crippen LogP contribution in [0.3, 0.4) is 0 Å². The smallest absolute Gasteiger partial charge is 0.220 e. The Hall–Kier alpha value is -1.85. The number of aliphatic hydroxyl groups is 1. The van der Waals surface area contributed by atoms with E-state index in [4.69, 9.17) is 10.4 Å². The second-order valence-electron chi connectivity index (χ2n) is 6.31. The molecule has 0 aromatic rings. The van der Waals surface area contributed by atoms with Crippen molar-refractivity contribution < 1.29 is 20.0 Å². The maximum Gasteiger partial charge on any atom is 0.220 e. The van der Waals surface area contributed by atoms with Crippen molar-refractivity contribution in [3.8, 4) is 0 Å². The summed E-state index contributed by atoms with van der Waals surface area (Å²) in [5, 5.41) is 20.1. The van der Waals surface area contributed by atoms with E-state index in [1.54, 1.807) is 0 Å². The molecule has 0 aromatic carbocycles. The van der Waals surface area contributed by atoms with Crippen molar-refractivity contribution in [1.82, 2.24) is 5.32 Å². The molecule has 0 saturated carbocycles. The highest BCUT2D eigenvalue weighted by atomic mass is 17.1. The first kappa shape index (κ1) is 25.1. The van der Waals surface area contributed by atoms with E-state index in [0.717, 1.165) is 57.8 Å². The third-order valence-corrected chi connectivity index (χ3v) is 3.88. The van der Waals surface area contributed by atoms with E-state index in [0.29, 0.717) is 18.7 Å². The lowest BCUT2D eigenvalue weighted by molar-refractivity contribution is -0.206. The molecule has 0 aliphatic heterocycles. The molecule has 5 heteroatoms. The molecule has 1 amide bonds. The van der Waals surface area contributed by atoms with Crippen LogP contribution in [0.25, 0.3) is 0 Å². The van der Waals surface area contributed by atoms with Crippen molar-refractivity contribution in [1.29, 1.82) is 0 Å². The second kappa shape index (κ2) is 20.5. The number of unbranched alkanes of at least 4 members (excludes halogenated alkanes) is 3. The molecule has 0 unspecified atom stereocenters. The van der Waals surface area contributed by atoms with E-state index in [-0.39, 0.29) is 12.5 Å². The highest BCUT2D eigenvalue weighted by Gasteiger charge is 1.98. The quantitative estimate of drug-likeness (QED) is 0.109. The van der Waals surface area contributed by atoms with Gasteiger partial charge >= 0.3 is 0 Å². The molecule has 0 heterocycles. The van der Waals surface area contributed by atoms with Crippen LogP contribution in [0.4, 0.5) is 0 Å². The predicted molar refractivity (Wildman–Crippen MR) is 111 cm³/mol. The minimum atomic E-state index is -0.0129. The topological polar surface area (TPSA) is 78.8 Å². The van der Waals surface area contributed by atoms with Crippen LogP contribution in [-0.2, 0) is 9.68 Å². The molecule has 5 nitrogen and oxygen atoms in total. The van der Waals surface area contributed by atoms with E-state index in [1.165, 1.54) is 0 Å². The minimum absolute atomic E-state index is 0.00221. The van der Waals surface area contributed by atoms with Gasteiger partial charge in [0.1, 0.15) is 5.76 Å². The van der Waals surface area contributed by atoms with Gasteiger partial charge in [-0.15, -0.1) is 0 Å². The number of carbonyl (C=O) groups excluding carboxylic acids is 1. The molecule has 0 rings (SSSR count). The summed E-state index contributed by atoms with van der Waals surface area (Å²) in [5.74, 6) is 0.650. The van der Waals surface area contributed by atoms with Crippen LogP contribution in [0.15, 0.2) is 48.3 Å². The van der Waals surface area contributed by atoms with Crippen LogP contribution in [0.2, 0.25) is 0 Å². The summed E-state index contributed by atoms with van der Waals surface area (Å²) in [6.45, 7) is 2.47. The van der Waals surface area contributed by atoms with E-state index in [9.17, 15) is 4.79 Å². The lowest BCUT2D eigenvalue weighted by Gasteiger charge is -2.01. The fraction of sp³-hybridized carbons (Fsp3) is 0.591. The summed E-state index contributed by atoms with van der Waals surface area (Å²) in [6, 6.07) is 0. The summed E-state index contributed by atoms with van der Waals surface area (Å²) < 4.78 is 0. The van der Waals surface area contributed by atoms with E-state index in [1.807, 2.05) is 6.08 Å². The molecular weight excluding hydrogens is 342 g/mol. The zero-order valence-electron chi connectivity index (χ0n) is 16.7. The Kier molecular flexibility index (Phi) is 19.1. The highest BCUT2D eigenvalue weighted by Crippen LogP contribution is 2.10. The Labute approximate surface area is 164 Å². The molecule has 0 aliphatic rings. The molecule has 0 atom stereocenters. The van der Waals surface area contributed by atoms with Gasteiger partial charge in [-0.3, -0.25) is 4.79 Å². The maximum absolute atomic E-state index is 11.3. The first-order chi connectivity index (χ1) is 13.2. The number of hydrogen-bond acceptors (Lipinski definition) is 4. The molecular formula is C22H37NO4. The molecule has 0 saturated heterocycles. The molecule has 0 radical (unpaired) electrons. The maximum atomic E-state index is 11.3. The van der Waals surface area contributed by atoms with Crippen molar-refractivity contribution in [2.75, 3.05) is 13.2 Å². The normalized spacial score (nSPS) is 12.5. The van der Waals surface area contributed by atoms with E-state index < -0.39 is 0 Å². The fourth-order valence-electron chi connectivity index (χ4n) is 2.35. The molecule has 0 aliphatic carbocycles. The van der Waals surface area contributed by atoms with Crippen molar-refractivity contribution in [2.24, 2.45) is 0 Å². The third-order valence-electron chi connectivity index (χ3n) is 3.88. The average Bonchev–Trinajstić information content (AvgIpc) is 2.68. The predicted octanol–water partition coefficient (Wildman–Crippen LogP) is 5.06. The largest absolute Gasteiger partial charge is 0.395 e. The van der Waals surface area contributed by atoms with Gasteiger partial charge in [-0.05, 0) is 44.6 Å². The monoisotopic (exact) mass is 379 g/mol. The van der Waals surface area contributed by atoms with Gasteiger partial charge in [-0.2, -0.15) is 0 Å². The third kappa shape index (κ3) is 18.7. The minimum Gasteiger partial charge on any atom is -0.395 e. The van der Waals surface area contributed by atoms with Crippen LogP contribution in [0.5, 0.6) is 0 Å². The van der Waals surface area contributed by atoms with Crippen LogP contribution < -0.4 is 5.32 Å². The highest BCUT2D eigenvalue weighted by molar-refractivity contribution is 5.75. The Balaban J connectivity index is 3.67. The van der Waals surface area contributed by atoms with Crippen molar-refractivity contribution in [3.05, 3.63) is 48.3 Å². The Morgan fingerprint density at radius 2 is 1.59 bits per heavy atom. The van der Waals surface area contributed by atoms with Gasteiger partial charge in [0.15, 0.2) is 0 Å². The zero-order chi connectivity index (χ0) is 20.0. The van der Waals surface area contributed by atoms with Crippen molar-refractivity contribution >= 4 is 5.91 Å². The van der Waals surface area contributed by atoms with Gasteiger partial charge < -0.3 is 15.3 Å². The number of aliphatic hydroxyl groups excluding tert-OH is 1. The molecule has 154 valence electrons. The number of rotatable bonds is 17. The second-order valence-corrected chi connectivity index (χ2v) is 6.31. The SMILES string of the molecule is CCCCC/C(=C\C/C=C\C/C=C\C/C=C\CCCC(=O)NCCO)OO. The summed E-state index contributed by atoms with van der Waals surface area (Å²) >= 11 is 0. The molecule has 0 bridgehead atoms. The fourth-order valence-corrected chi connectivity index (χ4v) is 2.35. The lowest BCUT2D eigenvalue weighted by atomic mass is 10.1. The average molecular weight is 380 g/mol. The number of amides is 1. The van der Waals surface area contributed by atoms with Crippen LogP contribution in [0.1, 0.15) is 71.1 Å². The number of hydrogen-bond donors (Lipinski definition) is 3. The van der Waals surface area contributed by atoms with Crippen LogP contribution in [0, 0.1) is 0 Å². The van der Waals surface area contributed by atoms with Gasteiger partial charge in [0, 0.05) is 19.4 Å². The van der Waals surface area contributed by atoms with Gasteiger partial charge in [-0.25, -0.2) is 5.26 Å². The molecule has 3 N–H and O–H groups in total. The Morgan fingerprint density at radius 3 is 2.22 bits per heavy atom. The summed E-state index contributed by atoms with van der Waals surface area (Å²) in [6.07, 6.45) is 23.4. The number of nitrogens with one attached hydrogen (secondary N) is 1. The Bertz CT molecular complexity index is 467. The number of carbonyl (C=O) groups is 1. The van der Waals surface area contributed by atoms with Crippen LogP contribution >= 0.6 is 0 Å². The molecule has 0 spiro atoms. The van der Waals surface area contributed by atoms with E-state index in [2.05, 4.69) is 53.6 Å². The van der Waals surface area contributed by atoms with Crippen LogP contribution in [-0.4, -0.2) is 29.4 Å². The summed E-state index contributed by atoms with van der Waals surface area (Å²) in [7, 11) is 0. The lowest BCUT2D eigenvalue weighted by Crippen LogP contribution is -2.25. The van der Waals surface area contributed by atoms with Crippen molar-refractivity contribution in [3.63, 3.8) is 0 Å². The molecule has 0 aromatic heterocycles. The summed E-state index contributed by atoms with van der Waals surface area (Å²) in [4.78, 5) is 15.7. The first-order valence-electron chi connectivity index (χ1n) is 10.1. The standard InChI is InChI=1S/C22H37NO4/c1-2-3-13-16-21(27-26)17-14-11-9-7-5-4-6-8-10-12-15-18-22(25)23-19-20-24/h4-5,8-11,17,24,26H,2-3,6-7,12-16,18-20H2,1H3,(H,23,25)/b5-4-,10-8-,11-9-,21-17+. The van der Waals surface area contributed by atoms with E-state index >= 15 is 0 Å². The van der Waals surface area contributed by atoms with Gasteiger partial charge in [0.05, 0.1) is 6.61 Å². The molecule has 27 heavy (non-hydrogen) atoms. The summed E-state index contributed by atoms with van der Waals surface area (Å²) in [5.41, 5.74) is 0. The zero-order valence-corrected chi connectivity index (χ0v) is 16.7. The number of allylic oxidation sites excluding steroid dienone is 8. The van der Waals surface area contributed by atoms with Gasteiger partial charge in [-0.1, -0.05) is 56.2 Å².